The number of nitrogens with zero attached hydrogens (tertiary/aromatic N) is 3. The molecule has 0 aliphatic carbocycles. The van der Waals surface area contributed by atoms with Crippen molar-refractivity contribution in [2.45, 2.75) is 91.6 Å². The van der Waals surface area contributed by atoms with Gasteiger partial charge in [-0.1, -0.05) is 45.0 Å². The predicted octanol–water partition coefficient (Wildman–Crippen LogP) is 3.66. The van der Waals surface area contributed by atoms with Gasteiger partial charge in [0.25, 0.3) is 0 Å². The minimum atomic E-state index is -0.939. The van der Waals surface area contributed by atoms with Crippen LogP contribution in [0, 0.1) is 18.3 Å². The number of carbonyl (C=O) groups is 4. The molecule has 44 heavy (non-hydrogen) atoms. The molecule has 0 spiro atoms. The summed E-state index contributed by atoms with van der Waals surface area (Å²) in [5.41, 5.74) is 3.42. The zero-order chi connectivity index (χ0) is 32.6. The average molecular weight is 628 g/mol. The van der Waals surface area contributed by atoms with E-state index in [0.717, 1.165) is 21.7 Å². The molecule has 1 aromatic heterocycles. The summed E-state index contributed by atoms with van der Waals surface area (Å²) in [6, 6.07) is 5.76. The molecule has 12 heteroatoms. The highest BCUT2D eigenvalue weighted by Crippen LogP contribution is 2.30. The summed E-state index contributed by atoms with van der Waals surface area (Å²) >= 11 is 1.57. The number of aliphatic hydroxyl groups is 1. The van der Waals surface area contributed by atoms with Crippen molar-refractivity contribution in [3.63, 3.8) is 0 Å². The molecule has 4 atom stereocenters. The summed E-state index contributed by atoms with van der Waals surface area (Å²) in [4.78, 5) is 61.1. The van der Waals surface area contributed by atoms with Crippen LogP contribution in [0.5, 0.6) is 0 Å². The number of rotatable bonds is 7. The number of hydrogen-bond donors (Lipinski definition) is 3. The summed E-state index contributed by atoms with van der Waals surface area (Å²) in [7, 11) is 0. The number of likely N-dealkylation sites (tertiary alicyclic amines) is 2. The van der Waals surface area contributed by atoms with Crippen LogP contribution in [0.15, 0.2) is 29.8 Å². The van der Waals surface area contributed by atoms with Crippen LogP contribution in [0.3, 0.4) is 0 Å². The fourth-order valence-electron chi connectivity index (χ4n) is 5.40. The molecule has 0 unspecified atom stereocenters. The fraction of sp³-hybridized carbons (Fsp3) is 0.594. The van der Waals surface area contributed by atoms with Crippen LogP contribution in [0.25, 0.3) is 10.4 Å². The van der Waals surface area contributed by atoms with Crippen molar-refractivity contribution in [1.82, 2.24) is 25.4 Å². The van der Waals surface area contributed by atoms with Crippen molar-refractivity contribution in [2.24, 2.45) is 11.3 Å². The van der Waals surface area contributed by atoms with Crippen LogP contribution < -0.4 is 10.6 Å². The first-order valence-corrected chi connectivity index (χ1v) is 15.9. The number of aryl methyl sites for hydroxylation is 1. The molecule has 3 N–H and O–H groups in total. The highest BCUT2D eigenvalue weighted by atomic mass is 32.1. The molecule has 0 radical (unpaired) electrons. The van der Waals surface area contributed by atoms with E-state index in [4.69, 9.17) is 4.74 Å². The van der Waals surface area contributed by atoms with Crippen LogP contribution in [0.1, 0.15) is 72.2 Å². The third-order valence-corrected chi connectivity index (χ3v) is 8.92. The van der Waals surface area contributed by atoms with Gasteiger partial charge in [-0.3, -0.25) is 14.4 Å². The monoisotopic (exact) mass is 627 g/mol. The lowest BCUT2D eigenvalue weighted by Crippen LogP contribution is -2.62. The quantitative estimate of drug-likeness (QED) is 0.426. The Balaban J connectivity index is 1.39. The van der Waals surface area contributed by atoms with E-state index in [2.05, 4.69) is 15.6 Å². The number of aliphatic hydroxyl groups excluding tert-OH is 1. The number of carbonyl (C=O) groups excluding carboxylic acids is 4. The third kappa shape index (κ3) is 7.76. The van der Waals surface area contributed by atoms with Crippen LogP contribution in [0.4, 0.5) is 4.79 Å². The summed E-state index contributed by atoms with van der Waals surface area (Å²) < 4.78 is 5.37. The molecule has 0 saturated carbocycles. The number of nitrogens with one attached hydrogen (secondary N) is 2. The van der Waals surface area contributed by atoms with Gasteiger partial charge in [0.05, 0.1) is 34.1 Å². The molecule has 0 bridgehead atoms. The van der Waals surface area contributed by atoms with E-state index < -0.39 is 47.1 Å². The van der Waals surface area contributed by atoms with Gasteiger partial charge < -0.3 is 30.3 Å². The van der Waals surface area contributed by atoms with E-state index >= 15 is 0 Å². The first kappa shape index (κ1) is 33.4. The number of β-amino-alcohol motifs (C(OH)–C–C–N with tert-alkyl or cyclic N) is 1. The number of amides is 4. The van der Waals surface area contributed by atoms with E-state index in [-0.39, 0.29) is 43.9 Å². The van der Waals surface area contributed by atoms with Crippen LogP contribution in [0.2, 0.25) is 0 Å². The Kier molecular flexibility index (Phi) is 9.75. The molecule has 240 valence electrons. The summed E-state index contributed by atoms with van der Waals surface area (Å²) in [5, 5.41) is 16.4. The Hall–Kier alpha value is -3.51. The maximum absolute atomic E-state index is 13.9. The number of aromatic nitrogens is 1. The van der Waals surface area contributed by atoms with Gasteiger partial charge in [-0.15, -0.1) is 11.3 Å². The topological polar surface area (TPSA) is 141 Å². The third-order valence-electron chi connectivity index (χ3n) is 7.95. The Bertz CT molecular complexity index is 1370. The highest BCUT2D eigenvalue weighted by molar-refractivity contribution is 7.13. The molecular weight excluding hydrogens is 582 g/mol. The smallest absolute Gasteiger partial charge is 0.410 e. The molecule has 2 fully saturated rings. The van der Waals surface area contributed by atoms with Crippen molar-refractivity contribution in [2.75, 3.05) is 19.6 Å². The minimum Gasteiger partial charge on any atom is -0.444 e. The van der Waals surface area contributed by atoms with Crippen molar-refractivity contribution < 1.29 is 29.0 Å². The first-order chi connectivity index (χ1) is 20.4. The Labute approximate surface area is 263 Å². The molecule has 3 heterocycles. The van der Waals surface area contributed by atoms with Crippen molar-refractivity contribution in [3.05, 3.63) is 41.0 Å². The van der Waals surface area contributed by atoms with Gasteiger partial charge in [0, 0.05) is 26.1 Å². The molecule has 11 nitrogen and oxygen atoms in total. The van der Waals surface area contributed by atoms with Crippen molar-refractivity contribution in [3.8, 4) is 10.4 Å². The number of thiazole rings is 1. The second-order valence-electron chi connectivity index (χ2n) is 13.9. The van der Waals surface area contributed by atoms with E-state index in [0.29, 0.717) is 0 Å². The lowest BCUT2D eigenvalue weighted by molar-refractivity contribution is -0.145. The van der Waals surface area contributed by atoms with E-state index in [1.165, 1.54) is 9.80 Å². The van der Waals surface area contributed by atoms with Gasteiger partial charge in [0.15, 0.2) is 0 Å². The summed E-state index contributed by atoms with van der Waals surface area (Å²) in [6.07, 6.45) is -1.24. The largest absolute Gasteiger partial charge is 0.444 e. The maximum atomic E-state index is 13.9. The number of ether oxygens (including phenoxy) is 1. The number of hydrogen-bond acceptors (Lipinski definition) is 8. The second-order valence-corrected chi connectivity index (χ2v) is 14.8. The van der Waals surface area contributed by atoms with Gasteiger partial charge in [-0.2, -0.15) is 0 Å². The Morgan fingerprint density at radius 2 is 1.64 bits per heavy atom. The molecule has 1 aromatic carbocycles. The Morgan fingerprint density at radius 1 is 1.00 bits per heavy atom. The standard InChI is InChI=1S/C32H45N5O6S/c1-18(20-9-11-21(12-10-20)25-19(2)33-17-44-25)34-28(40)24-13-23(38)16-37(24)29(41)26(31(3,4)5)35-27(39)22-14-36(15-22)30(42)43-32(6,7)8/h9-12,17-18,22-24,26,38H,13-16H2,1-8H3,(H,34,40)(H,35,39)/t18-,23+,24-,26+/m0/s1. The number of benzene rings is 1. The van der Waals surface area contributed by atoms with Gasteiger partial charge in [-0.25, -0.2) is 9.78 Å². The van der Waals surface area contributed by atoms with Crippen LogP contribution in [-0.2, 0) is 19.1 Å². The molecule has 2 aliphatic heterocycles. The van der Waals surface area contributed by atoms with E-state index in [1.54, 1.807) is 32.1 Å². The van der Waals surface area contributed by atoms with Gasteiger partial charge in [-0.05, 0) is 51.2 Å². The molecule has 4 rings (SSSR count). The molecule has 2 aromatic rings. The maximum Gasteiger partial charge on any atom is 0.410 e. The lowest BCUT2D eigenvalue weighted by atomic mass is 9.84. The van der Waals surface area contributed by atoms with Crippen LogP contribution in [-0.4, -0.2) is 87.1 Å². The van der Waals surface area contributed by atoms with Crippen LogP contribution >= 0.6 is 11.3 Å². The van der Waals surface area contributed by atoms with E-state index in [9.17, 15) is 24.3 Å². The van der Waals surface area contributed by atoms with Gasteiger partial charge in [0.2, 0.25) is 17.7 Å². The van der Waals surface area contributed by atoms with Crippen molar-refractivity contribution in [1.29, 1.82) is 0 Å². The molecule has 4 amide bonds. The highest BCUT2D eigenvalue weighted by Gasteiger charge is 2.46. The first-order valence-electron chi connectivity index (χ1n) is 15.0. The van der Waals surface area contributed by atoms with Gasteiger partial charge in [0.1, 0.15) is 17.7 Å². The fourth-order valence-corrected chi connectivity index (χ4v) is 6.21. The predicted molar refractivity (Wildman–Crippen MR) is 168 cm³/mol. The normalized spacial score (nSPS) is 20.5. The zero-order valence-electron chi connectivity index (χ0n) is 26.8. The lowest BCUT2D eigenvalue weighted by Gasteiger charge is -2.41. The molecule has 2 saturated heterocycles. The zero-order valence-corrected chi connectivity index (χ0v) is 27.7. The van der Waals surface area contributed by atoms with Crippen molar-refractivity contribution >= 4 is 35.2 Å². The molecular formula is C32H45N5O6S. The average Bonchev–Trinajstić information content (AvgIpc) is 3.49. The van der Waals surface area contributed by atoms with E-state index in [1.807, 2.05) is 64.4 Å². The summed E-state index contributed by atoms with van der Waals surface area (Å²) in [5.74, 6) is -1.61. The van der Waals surface area contributed by atoms with Gasteiger partial charge >= 0.3 is 6.09 Å². The minimum absolute atomic E-state index is 0.00744. The Morgan fingerprint density at radius 3 is 2.18 bits per heavy atom. The second kappa shape index (κ2) is 12.8. The SMILES string of the molecule is Cc1ncsc1-c1ccc([C@H](C)NC(=O)[C@@H]2C[C@@H](O)CN2C(=O)[C@@H](NC(=O)C2CN(C(=O)OC(C)(C)C)C2)C(C)(C)C)cc1. The molecule has 2 aliphatic rings. The summed E-state index contributed by atoms with van der Waals surface area (Å²) in [6.45, 7) is 15.1.